The number of amides is 2. The number of nitrogens with zero attached hydrogens (tertiary/aromatic N) is 1. The molecule has 1 fully saturated rings. The van der Waals surface area contributed by atoms with E-state index in [4.69, 9.17) is 14.2 Å². The Bertz CT molecular complexity index is 1240. The van der Waals surface area contributed by atoms with Gasteiger partial charge < -0.3 is 35.2 Å². The largest absolute Gasteiger partial charge is 0.618 e. The normalized spacial score (nSPS) is 18.8. The third-order valence-electron chi connectivity index (χ3n) is 5.96. The molecule has 0 aliphatic carbocycles. The van der Waals surface area contributed by atoms with E-state index in [9.17, 15) is 19.9 Å². The van der Waals surface area contributed by atoms with Crippen LogP contribution in [-0.2, 0) is 25.6 Å². The van der Waals surface area contributed by atoms with Gasteiger partial charge in [-0.1, -0.05) is 48.2 Å². The van der Waals surface area contributed by atoms with Gasteiger partial charge in [0.25, 0.3) is 5.03 Å². The summed E-state index contributed by atoms with van der Waals surface area (Å²) in [6.07, 6.45) is 0.919. The second-order valence-corrected chi connectivity index (χ2v) is 9.80. The molecule has 10 nitrogen and oxygen atoms in total. The Morgan fingerprint density at radius 3 is 2.51 bits per heavy atom. The zero-order valence-electron chi connectivity index (χ0n) is 21.4. The predicted molar refractivity (Wildman–Crippen MR) is 145 cm³/mol. The minimum Gasteiger partial charge on any atom is -0.618 e. The fourth-order valence-corrected chi connectivity index (χ4v) is 4.92. The molecule has 206 valence electrons. The summed E-state index contributed by atoms with van der Waals surface area (Å²) in [5, 5.41) is 27.2. The fraction of sp³-hybridized carbons (Fsp3) is 0.321. The van der Waals surface area contributed by atoms with Gasteiger partial charge in [0.15, 0.2) is 12.5 Å². The van der Waals surface area contributed by atoms with Crippen molar-refractivity contribution < 1.29 is 33.6 Å². The minimum absolute atomic E-state index is 0.0374. The molecule has 0 saturated carbocycles. The third kappa shape index (κ3) is 8.17. The summed E-state index contributed by atoms with van der Waals surface area (Å²) in [4.78, 5) is 23.5. The number of anilines is 1. The van der Waals surface area contributed by atoms with Crippen LogP contribution in [0.25, 0.3) is 0 Å². The van der Waals surface area contributed by atoms with Gasteiger partial charge in [0.05, 0.1) is 25.4 Å². The van der Waals surface area contributed by atoms with E-state index in [1.807, 2.05) is 30.3 Å². The van der Waals surface area contributed by atoms with E-state index in [0.717, 1.165) is 21.4 Å². The molecule has 2 amide bonds. The van der Waals surface area contributed by atoms with Crippen molar-refractivity contribution in [2.24, 2.45) is 0 Å². The second kappa shape index (κ2) is 13.9. The maximum absolute atomic E-state index is 12.1. The van der Waals surface area contributed by atoms with E-state index >= 15 is 0 Å². The minimum atomic E-state index is -0.672. The number of hydrogen-bond acceptors (Lipinski definition) is 8. The molecular weight excluding hydrogens is 522 g/mol. The van der Waals surface area contributed by atoms with Crippen molar-refractivity contribution >= 4 is 29.4 Å². The van der Waals surface area contributed by atoms with Gasteiger partial charge in [0.1, 0.15) is 6.54 Å². The van der Waals surface area contributed by atoms with E-state index in [1.54, 1.807) is 43.3 Å². The molecular formula is C28H31N3O7S. The molecule has 1 aromatic heterocycles. The van der Waals surface area contributed by atoms with Crippen LogP contribution in [0.1, 0.15) is 42.4 Å². The molecule has 39 heavy (non-hydrogen) atoms. The number of hydrogen-bond donors (Lipinski definition) is 3. The van der Waals surface area contributed by atoms with Gasteiger partial charge in [-0.2, -0.15) is 4.73 Å². The van der Waals surface area contributed by atoms with Crippen molar-refractivity contribution in [2.45, 2.75) is 43.5 Å². The molecule has 3 aromatic rings. The summed E-state index contributed by atoms with van der Waals surface area (Å²) in [5.41, 5.74) is 3.07. The molecule has 3 N–H and O–H groups in total. The Labute approximate surface area is 230 Å². The van der Waals surface area contributed by atoms with E-state index in [2.05, 4.69) is 10.6 Å². The number of aliphatic hydroxyl groups is 1. The molecule has 1 saturated heterocycles. The Morgan fingerprint density at radius 1 is 1.08 bits per heavy atom. The zero-order valence-corrected chi connectivity index (χ0v) is 22.3. The number of aliphatic hydroxyl groups excluding tert-OH is 1. The topological polar surface area (TPSA) is 133 Å². The molecule has 11 heteroatoms. The first-order chi connectivity index (χ1) is 18.9. The molecule has 1 aliphatic heterocycles. The molecule has 0 spiro atoms. The Balaban J connectivity index is 1.44. The van der Waals surface area contributed by atoms with Crippen LogP contribution in [0, 0.1) is 5.21 Å². The first-order valence-corrected chi connectivity index (χ1v) is 13.6. The lowest BCUT2D eigenvalue weighted by Crippen LogP contribution is -2.34. The van der Waals surface area contributed by atoms with Crippen LogP contribution in [0.4, 0.5) is 10.5 Å². The number of rotatable bonds is 10. The third-order valence-corrected chi connectivity index (χ3v) is 7.11. The molecule has 3 atom stereocenters. The van der Waals surface area contributed by atoms with Crippen molar-refractivity contribution in [3.63, 3.8) is 0 Å². The van der Waals surface area contributed by atoms with E-state index in [0.29, 0.717) is 22.9 Å². The molecule has 1 aliphatic rings. The van der Waals surface area contributed by atoms with Gasteiger partial charge in [0.2, 0.25) is 0 Å². The average molecular weight is 554 g/mol. The van der Waals surface area contributed by atoms with Gasteiger partial charge in [-0.25, -0.2) is 4.79 Å². The predicted octanol–water partition coefficient (Wildman–Crippen LogP) is 3.83. The number of carbonyl (C=O) groups excluding carboxylic acids is 2. The number of aromatic nitrogens is 1. The highest BCUT2D eigenvalue weighted by Crippen LogP contribution is 2.39. The number of pyridine rings is 1. The molecule has 0 radical (unpaired) electrons. The lowest BCUT2D eigenvalue weighted by atomic mass is 10.0. The van der Waals surface area contributed by atoms with Crippen LogP contribution in [0.3, 0.4) is 0 Å². The van der Waals surface area contributed by atoms with Crippen LogP contribution in [0.15, 0.2) is 78.0 Å². The van der Waals surface area contributed by atoms with Gasteiger partial charge in [0, 0.05) is 35.6 Å². The number of esters is 1. The summed E-state index contributed by atoms with van der Waals surface area (Å²) in [5.74, 6) is 0.0395. The van der Waals surface area contributed by atoms with Crippen LogP contribution in [0.5, 0.6) is 0 Å². The van der Waals surface area contributed by atoms with E-state index in [1.165, 1.54) is 18.0 Å². The lowest BCUT2D eigenvalue weighted by Gasteiger charge is -2.36. The van der Waals surface area contributed by atoms with Gasteiger partial charge in [-0.05, 0) is 36.2 Å². The Morgan fingerprint density at radius 2 is 1.82 bits per heavy atom. The van der Waals surface area contributed by atoms with Crippen LogP contribution >= 0.6 is 11.8 Å². The molecule has 2 heterocycles. The summed E-state index contributed by atoms with van der Waals surface area (Å²) < 4.78 is 18.3. The quantitative estimate of drug-likeness (QED) is 0.149. The van der Waals surface area contributed by atoms with Gasteiger partial charge in [-0.3, -0.25) is 4.79 Å². The number of urea groups is 1. The summed E-state index contributed by atoms with van der Waals surface area (Å²) >= 11 is 1.42. The van der Waals surface area contributed by atoms with E-state index < -0.39 is 18.3 Å². The molecule has 2 aromatic carbocycles. The maximum Gasteiger partial charge on any atom is 0.325 e. The highest BCUT2D eigenvalue weighted by Gasteiger charge is 2.32. The van der Waals surface area contributed by atoms with Crippen LogP contribution < -0.4 is 15.4 Å². The first-order valence-electron chi connectivity index (χ1n) is 12.6. The number of carbonyl (C=O) groups is 2. The number of thioether (sulfide) groups is 1. The van der Waals surface area contributed by atoms with Crippen molar-refractivity contribution in [1.29, 1.82) is 0 Å². The average Bonchev–Trinajstić information content (AvgIpc) is 2.96. The highest BCUT2D eigenvalue weighted by atomic mass is 32.2. The lowest BCUT2D eigenvalue weighted by molar-refractivity contribution is -0.645. The Kier molecular flexibility index (Phi) is 10.1. The Hall–Kier alpha value is -3.64. The highest BCUT2D eigenvalue weighted by molar-refractivity contribution is 7.99. The number of ether oxygens (including phenoxy) is 3. The van der Waals surface area contributed by atoms with Gasteiger partial charge >= 0.3 is 12.0 Å². The second-order valence-electron chi connectivity index (χ2n) is 8.76. The standard InChI is InChI=1S/C28H31N3O7S/c1-2-36-26(33)16-29-28(34)30-22-12-10-21(11-13-22)27-37-23(18-39-25-5-3-4-14-31(25)35)15-24(38-27)20-8-6-19(17-32)7-9-20/h3-14,23-24,27,32H,2,15-18H2,1H3,(H2,29,30,34). The van der Waals surface area contributed by atoms with Crippen molar-refractivity contribution in [3.05, 3.63) is 94.8 Å². The van der Waals surface area contributed by atoms with Crippen molar-refractivity contribution in [2.75, 3.05) is 24.2 Å². The number of benzene rings is 2. The SMILES string of the molecule is CCOC(=O)CNC(=O)Nc1ccc(C2OC(CSc3cccc[n+]3[O-])CC(c3ccc(CO)cc3)O2)cc1. The first kappa shape index (κ1) is 28.4. The fourth-order valence-electron chi connectivity index (χ4n) is 3.99. The maximum atomic E-state index is 12.1. The smallest absolute Gasteiger partial charge is 0.325 e. The van der Waals surface area contributed by atoms with Crippen LogP contribution in [0.2, 0.25) is 0 Å². The molecule has 0 bridgehead atoms. The van der Waals surface area contributed by atoms with Crippen molar-refractivity contribution in [1.82, 2.24) is 5.32 Å². The zero-order chi connectivity index (χ0) is 27.6. The van der Waals surface area contributed by atoms with Crippen LogP contribution in [-0.4, -0.2) is 42.1 Å². The van der Waals surface area contributed by atoms with Crippen molar-refractivity contribution in [3.8, 4) is 0 Å². The van der Waals surface area contributed by atoms with E-state index in [-0.39, 0.29) is 32.0 Å². The summed E-state index contributed by atoms with van der Waals surface area (Å²) in [6, 6.07) is 19.4. The summed E-state index contributed by atoms with van der Waals surface area (Å²) in [6.45, 7) is 1.68. The summed E-state index contributed by atoms with van der Waals surface area (Å²) in [7, 11) is 0. The number of nitrogens with one attached hydrogen (secondary N) is 2. The monoisotopic (exact) mass is 553 g/mol. The molecule has 4 rings (SSSR count). The molecule has 3 unspecified atom stereocenters. The van der Waals surface area contributed by atoms with Gasteiger partial charge in [-0.15, -0.1) is 0 Å².